The highest BCUT2D eigenvalue weighted by molar-refractivity contribution is 6.09. The Labute approximate surface area is 175 Å². The van der Waals surface area contributed by atoms with Gasteiger partial charge < -0.3 is 19.2 Å². The lowest BCUT2D eigenvalue weighted by atomic mass is 10.1. The van der Waals surface area contributed by atoms with Crippen LogP contribution in [-0.2, 0) is 9.47 Å². The van der Waals surface area contributed by atoms with E-state index in [9.17, 15) is 9.59 Å². The van der Waals surface area contributed by atoms with Crippen LogP contribution in [0.4, 0.5) is 11.6 Å². The van der Waals surface area contributed by atoms with Gasteiger partial charge in [0.15, 0.2) is 0 Å². The number of aryl methyl sites for hydroxylation is 2. The molecule has 3 rings (SSSR count). The molecular formula is C24H23NO5. The van der Waals surface area contributed by atoms with E-state index in [0.29, 0.717) is 0 Å². The predicted octanol–water partition coefficient (Wildman–Crippen LogP) is 5.38. The van der Waals surface area contributed by atoms with E-state index in [2.05, 4.69) is 5.32 Å². The molecule has 0 saturated carbocycles. The molecule has 1 aromatic heterocycles. The van der Waals surface area contributed by atoms with E-state index in [4.69, 9.17) is 13.9 Å². The number of anilines is 2. The Morgan fingerprint density at radius 1 is 0.833 bits per heavy atom. The van der Waals surface area contributed by atoms with Crippen molar-refractivity contribution < 1.29 is 23.5 Å². The molecule has 0 bridgehead atoms. The van der Waals surface area contributed by atoms with Crippen LogP contribution in [0.5, 0.6) is 0 Å². The van der Waals surface area contributed by atoms with Crippen LogP contribution >= 0.6 is 0 Å². The van der Waals surface area contributed by atoms with Crippen molar-refractivity contribution in [3.8, 4) is 0 Å². The lowest BCUT2D eigenvalue weighted by molar-refractivity contribution is 0.0557. The van der Waals surface area contributed by atoms with Crippen LogP contribution in [0.3, 0.4) is 0 Å². The summed E-state index contributed by atoms with van der Waals surface area (Å²) in [6, 6.07) is 15.3. The number of ether oxygens (including phenoxy) is 2. The zero-order valence-electron chi connectivity index (χ0n) is 17.3. The second-order valence-corrected chi connectivity index (χ2v) is 6.66. The lowest BCUT2D eigenvalue weighted by Crippen LogP contribution is -2.12. The molecular weight excluding hydrogens is 382 g/mol. The molecule has 0 atom stereocenters. The van der Waals surface area contributed by atoms with Gasteiger partial charge in [0.1, 0.15) is 16.9 Å². The summed E-state index contributed by atoms with van der Waals surface area (Å²) in [4.78, 5) is 25.1. The van der Waals surface area contributed by atoms with Crippen LogP contribution in [0.1, 0.15) is 43.2 Å². The first kappa shape index (κ1) is 20.9. The van der Waals surface area contributed by atoms with Crippen molar-refractivity contribution in [2.75, 3.05) is 19.5 Å². The number of furan rings is 1. The molecule has 1 heterocycles. The van der Waals surface area contributed by atoms with Crippen molar-refractivity contribution in [1.82, 2.24) is 0 Å². The van der Waals surface area contributed by atoms with Gasteiger partial charge in [0.2, 0.25) is 5.88 Å². The van der Waals surface area contributed by atoms with Crippen molar-refractivity contribution in [1.29, 1.82) is 0 Å². The number of carbonyl (C=O) groups excluding carboxylic acids is 2. The first-order chi connectivity index (χ1) is 14.5. The summed E-state index contributed by atoms with van der Waals surface area (Å²) in [6.45, 7) is 3.88. The molecule has 6 nitrogen and oxygen atoms in total. The molecule has 0 radical (unpaired) electrons. The number of esters is 2. The minimum atomic E-state index is -0.702. The third-order valence-corrected chi connectivity index (χ3v) is 4.66. The Bertz CT molecular complexity index is 1080. The van der Waals surface area contributed by atoms with Gasteiger partial charge in [-0.05, 0) is 36.6 Å². The van der Waals surface area contributed by atoms with E-state index >= 15 is 0 Å². The molecule has 154 valence electrons. The maximum Gasteiger partial charge on any atom is 0.344 e. The third kappa shape index (κ3) is 4.27. The Kier molecular flexibility index (Phi) is 6.37. The van der Waals surface area contributed by atoms with Crippen LogP contribution in [0.25, 0.3) is 12.2 Å². The zero-order valence-corrected chi connectivity index (χ0v) is 17.3. The van der Waals surface area contributed by atoms with Crippen molar-refractivity contribution in [3.63, 3.8) is 0 Å². The van der Waals surface area contributed by atoms with Crippen LogP contribution in [0, 0.1) is 13.8 Å². The van der Waals surface area contributed by atoms with Gasteiger partial charge in [-0.15, -0.1) is 0 Å². The van der Waals surface area contributed by atoms with E-state index in [0.717, 1.165) is 22.4 Å². The number of benzene rings is 2. The van der Waals surface area contributed by atoms with Gasteiger partial charge in [0.25, 0.3) is 0 Å². The molecule has 0 spiro atoms. The van der Waals surface area contributed by atoms with Crippen LogP contribution in [-0.4, -0.2) is 26.2 Å². The van der Waals surface area contributed by atoms with Gasteiger partial charge in [-0.2, -0.15) is 0 Å². The standard InChI is InChI=1S/C24H23NO5/c1-15-9-8-10-16(2)21(15)25-22-20(24(27)29-4)19(23(26)28-3)18(30-22)14-13-17-11-6-5-7-12-17/h5-14,25H,1-4H3/b14-13+. The third-order valence-electron chi connectivity index (χ3n) is 4.66. The number of carbonyl (C=O) groups is 2. The van der Waals surface area contributed by atoms with Crippen LogP contribution in [0.2, 0.25) is 0 Å². The fourth-order valence-corrected chi connectivity index (χ4v) is 3.12. The molecule has 3 aromatic rings. The second-order valence-electron chi connectivity index (χ2n) is 6.66. The highest BCUT2D eigenvalue weighted by Crippen LogP contribution is 2.34. The van der Waals surface area contributed by atoms with Crippen LogP contribution in [0.15, 0.2) is 52.9 Å². The van der Waals surface area contributed by atoms with E-state index in [1.54, 1.807) is 12.2 Å². The van der Waals surface area contributed by atoms with Gasteiger partial charge in [-0.25, -0.2) is 9.59 Å². The summed E-state index contributed by atoms with van der Waals surface area (Å²) in [5, 5.41) is 3.15. The molecule has 0 aliphatic heterocycles. The molecule has 0 amide bonds. The molecule has 2 aromatic carbocycles. The number of rotatable bonds is 6. The molecule has 0 fully saturated rings. The predicted molar refractivity (Wildman–Crippen MR) is 116 cm³/mol. The summed E-state index contributed by atoms with van der Waals surface area (Å²) < 4.78 is 15.8. The molecule has 1 N–H and O–H groups in total. The van der Waals surface area contributed by atoms with Gasteiger partial charge in [0.05, 0.1) is 14.2 Å². The van der Waals surface area contributed by atoms with Crippen molar-refractivity contribution in [2.45, 2.75) is 13.8 Å². The maximum absolute atomic E-state index is 12.6. The summed E-state index contributed by atoms with van der Waals surface area (Å²) in [6.07, 6.45) is 3.42. The fraction of sp³-hybridized carbons (Fsp3) is 0.167. The fourth-order valence-electron chi connectivity index (χ4n) is 3.12. The number of nitrogens with one attached hydrogen (secondary N) is 1. The topological polar surface area (TPSA) is 77.8 Å². The summed E-state index contributed by atoms with van der Waals surface area (Å²) in [5.41, 5.74) is 3.61. The van der Waals surface area contributed by atoms with E-state index < -0.39 is 11.9 Å². The van der Waals surface area contributed by atoms with Gasteiger partial charge in [-0.3, -0.25) is 0 Å². The number of methoxy groups -OCH3 is 2. The van der Waals surface area contributed by atoms with Gasteiger partial charge in [-0.1, -0.05) is 54.6 Å². The minimum Gasteiger partial charge on any atom is -0.465 e. The quantitative estimate of drug-likeness (QED) is 0.555. The smallest absolute Gasteiger partial charge is 0.344 e. The highest BCUT2D eigenvalue weighted by atomic mass is 16.5. The van der Waals surface area contributed by atoms with Crippen LogP contribution < -0.4 is 5.32 Å². The molecule has 0 aliphatic rings. The first-order valence-corrected chi connectivity index (χ1v) is 9.36. The monoisotopic (exact) mass is 405 g/mol. The molecule has 30 heavy (non-hydrogen) atoms. The lowest BCUT2D eigenvalue weighted by Gasteiger charge is -2.11. The molecule has 0 unspecified atom stereocenters. The second kappa shape index (κ2) is 9.13. The van der Waals surface area contributed by atoms with E-state index in [-0.39, 0.29) is 22.8 Å². The van der Waals surface area contributed by atoms with Crippen molar-refractivity contribution >= 4 is 35.7 Å². The Hall–Kier alpha value is -3.80. The van der Waals surface area contributed by atoms with E-state index in [1.807, 2.05) is 62.4 Å². The summed E-state index contributed by atoms with van der Waals surface area (Å²) >= 11 is 0. The molecule has 6 heteroatoms. The Balaban J connectivity index is 2.16. The SMILES string of the molecule is COC(=O)c1c(/C=C/c2ccccc2)oc(Nc2c(C)cccc2C)c1C(=O)OC. The number of para-hydroxylation sites is 1. The Morgan fingerprint density at radius 2 is 1.43 bits per heavy atom. The molecule has 0 saturated heterocycles. The number of hydrogen-bond acceptors (Lipinski definition) is 6. The highest BCUT2D eigenvalue weighted by Gasteiger charge is 2.31. The minimum absolute atomic E-state index is 0.00488. The van der Waals surface area contributed by atoms with Crippen molar-refractivity contribution in [2.24, 2.45) is 0 Å². The first-order valence-electron chi connectivity index (χ1n) is 9.36. The van der Waals surface area contributed by atoms with Gasteiger partial charge >= 0.3 is 11.9 Å². The van der Waals surface area contributed by atoms with Gasteiger partial charge in [0, 0.05) is 5.69 Å². The average molecular weight is 405 g/mol. The van der Waals surface area contributed by atoms with E-state index in [1.165, 1.54) is 14.2 Å². The normalized spacial score (nSPS) is 10.8. The largest absolute Gasteiger partial charge is 0.465 e. The zero-order chi connectivity index (χ0) is 21.7. The Morgan fingerprint density at radius 3 is 2.03 bits per heavy atom. The molecule has 0 aliphatic carbocycles. The summed E-state index contributed by atoms with van der Waals surface area (Å²) in [5.74, 6) is -1.08. The van der Waals surface area contributed by atoms with Crippen molar-refractivity contribution in [3.05, 3.63) is 82.1 Å². The number of hydrogen-bond donors (Lipinski definition) is 1. The maximum atomic E-state index is 12.6. The summed E-state index contributed by atoms with van der Waals surface area (Å²) in [7, 11) is 2.50. The average Bonchev–Trinajstić information content (AvgIpc) is 3.12.